The van der Waals surface area contributed by atoms with Crippen LogP contribution in [0.5, 0.6) is 5.75 Å². The van der Waals surface area contributed by atoms with Gasteiger partial charge in [0.15, 0.2) is 6.61 Å². The predicted octanol–water partition coefficient (Wildman–Crippen LogP) is 1.38. The first kappa shape index (κ1) is 16.3. The zero-order valence-corrected chi connectivity index (χ0v) is 12.9. The lowest BCUT2D eigenvalue weighted by Gasteiger charge is -2.32. The highest BCUT2D eigenvalue weighted by atomic mass is 16.5. The van der Waals surface area contributed by atoms with E-state index >= 15 is 0 Å². The highest BCUT2D eigenvalue weighted by molar-refractivity contribution is 5.78. The molecular formula is C16H21NO5. The first-order valence-corrected chi connectivity index (χ1v) is 7.27. The van der Waals surface area contributed by atoms with Crippen molar-refractivity contribution in [3.63, 3.8) is 0 Å². The van der Waals surface area contributed by atoms with Gasteiger partial charge in [0.25, 0.3) is 5.91 Å². The minimum Gasteiger partial charge on any atom is -0.484 e. The van der Waals surface area contributed by atoms with E-state index in [1.54, 1.807) is 4.90 Å². The number of hydrogen-bond donors (Lipinski definition) is 1. The average molecular weight is 307 g/mol. The average Bonchev–Trinajstić information content (AvgIpc) is 2.45. The summed E-state index contributed by atoms with van der Waals surface area (Å²) in [6.45, 7) is 4.99. The molecule has 0 saturated carbocycles. The molecule has 1 aromatic carbocycles. The smallest absolute Gasteiger partial charge is 0.306 e. The fraction of sp³-hybridized carbons (Fsp3) is 0.500. The molecule has 1 amide bonds. The summed E-state index contributed by atoms with van der Waals surface area (Å²) in [6.07, 6.45) is -0.543. The third kappa shape index (κ3) is 4.46. The van der Waals surface area contributed by atoms with E-state index < -0.39 is 12.1 Å². The molecular weight excluding hydrogens is 286 g/mol. The summed E-state index contributed by atoms with van der Waals surface area (Å²) in [4.78, 5) is 24.5. The molecule has 0 radical (unpaired) electrons. The minimum atomic E-state index is -0.925. The van der Waals surface area contributed by atoms with Crippen LogP contribution in [-0.2, 0) is 14.3 Å². The van der Waals surface area contributed by atoms with Crippen molar-refractivity contribution in [2.45, 2.75) is 26.4 Å². The van der Waals surface area contributed by atoms with Gasteiger partial charge in [-0.25, -0.2) is 0 Å². The Balaban J connectivity index is 1.87. The molecule has 120 valence electrons. The Morgan fingerprint density at radius 2 is 2.18 bits per heavy atom. The number of nitrogens with zero attached hydrogens (tertiary/aromatic N) is 1. The maximum absolute atomic E-state index is 12.2. The number of hydrogen-bond acceptors (Lipinski definition) is 4. The minimum absolute atomic E-state index is 0.0519. The van der Waals surface area contributed by atoms with Crippen LogP contribution in [0.3, 0.4) is 0 Å². The molecule has 1 saturated heterocycles. The third-order valence-electron chi connectivity index (χ3n) is 3.58. The first-order chi connectivity index (χ1) is 10.5. The van der Waals surface area contributed by atoms with Gasteiger partial charge in [-0.15, -0.1) is 0 Å². The summed E-state index contributed by atoms with van der Waals surface area (Å²) in [5.74, 6) is -0.390. The lowest BCUT2D eigenvalue weighted by Crippen LogP contribution is -2.47. The number of aliphatic carboxylic acids is 1. The standard InChI is InChI=1S/C16H21NO5/c1-11-3-4-14(12(2)7-11)22-10-15(18)17-5-6-21-13(9-17)8-16(19)20/h3-4,7,13H,5-6,8-10H2,1-2H3,(H,19,20)/t13-/m0/s1. The summed E-state index contributed by atoms with van der Waals surface area (Å²) < 4.78 is 10.9. The number of ether oxygens (including phenoxy) is 2. The van der Waals surface area contributed by atoms with Gasteiger partial charge in [-0.2, -0.15) is 0 Å². The van der Waals surface area contributed by atoms with Crippen LogP contribution in [0.4, 0.5) is 0 Å². The Kier molecular flexibility index (Phi) is 5.38. The molecule has 0 unspecified atom stereocenters. The molecule has 1 aliphatic heterocycles. The molecule has 1 aliphatic rings. The summed E-state index contributed by atoms with van der Waals surface area (Å²) in [5, 5.41) is 8.79. The van der Waals surface area contributed by atoms with Crippen molar-refractivity contribution in [3.05, 3.63) is 29.3 Å². The van der Waals surface area contributed by atoms with Crippen molar-refractivity contribution in [3.8, 4) is 5.75 Å². The van der Waals surface area contributed by atoms with Gasteiger partial charge in [0, 0.05) is 13.1 Å². The topological polar surface area (TPSA) is 76.1 Å². The van der Waals surface area contributed by atoms with Crippen LogP contribution >= 0.6 is 0 Å². The van der Waals surface area contributed by atoms with Crippen LogP contribution in [0.15, 0.2) is 18.2 Å². The van der Waals surface area contributed by atoms with Gasteiger partial charge in [0.05, 0.1) is 19.1 Å². The van der Waals surface area contributed by atoms with E-state index in [0.717, 1.165) is 11.1 Å². The molecule has 2 rings (SSSR count). The Morgan fingerprint density at radius 1 is 1.41 bits per heavy atom. The molecule has 1 aromatic rings. The number of rotatable bonds is 5. The normalized spacial score (nSPS) is 18.1. The molecule has 1 N–H and O–H groups in total. The maximum Gasteiger partial charge on any atom is 0.306 e. The van der Waals surface area contributed by atoms with Crippen molar-refractivity contribution >= 4 is 11.9 Å². The van der Waals surface area contributed by atoms with Crippen molar-refractivity contribution in [1.82, 2.24) is 4.90 Å². The molecule has 1 atom stereocenters. The summed E-state index contributed by atoms with van der Waals surface area (Å²) in [7, 11) is 0. The van der Waals surface area contributed by atoms with Gasteiger partial charge in [0.1, 0.15) is 5.75 Å². The fourth-order valence-corrected chi connectivity index (χ4v) is 2.46. The number of carboxylic acids is 1. The monoisotopic (exact) mass is 307 g/mol. The van der Waals surface area contributed by atoms with Gasteiger partial charge < -0.3 is 19.5 Å². The van der Waals surface area contributed by atoms with Gasteiger partial charge >= 0.3 is 5.97 Å². The molecule has 0 aliphatic carbocycles. The van der Waals surface area contributed by atoms with Crippen molar-refractivity contribution in [2.24, 2.45) is 0 Å². The molecule has 0 spiro atoms. The second-order valence-corrected chi connectivity index (χ2v) is 5.49. The van der Waals surface area contributed by atoms with Gasteiger partial charge in [-0.1, -0.05) is 17.7 Å². The molecule has 6 nitrogen and oxygen atoms in total. The Hall–Kier alpha value is -2.08. The molecule has 6 heteroatoms. The van der Waals surface area contributed by atoms with Crippen LogP contribution in [0.1, 0.15) is 17.5 Å². The van der Waals surface area contributed by atoms with Crippen LogP contribution in [0.25, 0.3) is 0 Å². The predicted molar refractivity (Wildman–Crippen MR) is 80.0 cm³/mol. The fourth-order valence-electron chi connectivity index (χ4n) is 2.46. The molecule has 1 fully saturated rings. The highest BCUT2D eigenvalue weighted by Crippen LogP contribution is 2.19. The molecule has 0 bridgehead atoms. The van der Waals surface area contributed by atoms with E-state index in [2.05, 4.69) is 0 Å². The summed E-state index contributed by atoms with van der Waals surface area (Å²) in [6, 6.07) is 5.78. The number of carbonyl (C=O) groups excluding carboxylic acids is 1. The Labute approximate surface area is 129 Å². The van der Waals surface area contributed by atoms with Crippen molar-refractivity contribution < 1.29 is 24.2 Å². The SMILES string of the molecule is Cc1ccc(OCC(=O)N2CCO[C@@H](CC(=O)O)C2)c(C)c1. The van der Waals surface area contributed by atoms with E-state index in [4.69, 9.17) is 14.6 Å². The van der Waals surface area contributed by atoms with E-state index in [9.17, 15) is 9.59 Å². The lowest BCUT2D eigenvalue weighted by molar-refractivity contribution is -0.148. The van der Waals surface area contributed by atoms with Gasteiger partial charge in [-0.05, 0) is 25.5 Å². The highest BCUT2D eigenvalue weighted by Gasteiger charge is 2.26. The van der Waals surface area contributed by atoms with E-state index in [1.165, 1.54) is 0 Å². The second-order valence-electron chi connectivity index (χ2n) is 5.49. The van der Waals surface area contributed by atoms with E-state index in [-0.39, 0.29) is 18.9 Å². The second kappa shape index (κ2) is 7.26. The van der Waals surface area contributed by atoms with Crippen LogP contribution < -0.4 is 4.74 Å². The van der Waals surface area contributed by atoms with Crippen LogP contribution in [0, 0.1) is 13.8 Å². The van der Waals surface area contributed by atoms with E-state index in [1.807, 2.05) is 32.0 Å². The number of carboxylic acid groups (broad SMARTS) is 1. The third-order valence-corrected chi connectivity index (χ3v) is 3.58. The molecule has 0 aromatic heterocycles. The maximum atomic E-state index is 12.2. The van der Waals surface area contributed by atoms with Crippen LogP contribution in [0.2, 0.25) is 0 Å². The quantitative estimate of drug-likeness (QED) is 0.889. The lowest BCUT2D eigenvalue weighted by atomic mass is 10.1. The van der Waals surface area contributed by atoms with Crippen molar-refractivity contribution in [2.75, 3.05) is 26.3 Å². The summed E-state index contributed by atoms with van der Waals surface area (Å²) >= 11 is 0. The van der Waals surface area contributed by atoms with Crippen molar-refractivity contribution in [1.29, 1.82) is 0 Å². The van der Waals surface area contributed by atoms with Gasteiger partial charge in [-0.3, -0.25) is 9.59 Å². The summed E-state index contributed by atoms with van der Waals surface area (Å²) in [5.41, 5.74) is 2.12. The Morgan fingerprint density at radius 3 is 2.86 bits per heavy atom. The number of amides is 1. The largest absolute Gasteiger partial charge is 0.484 e. The molecule has 1 heterocycles. The zero-order chi connectivity index (χ0) is 16.1. The Bertz CT molecular complexity index is 557. The van der Waals surface area contributed by atoms with Crippen LogP contribution in [-0.4, -0.2) is 54.3 Å². The number of morpholine rings is 1. The number of aryl methyl sites for hydroxylation is 2. The van der Waals surface area contributed by atoms with E-state index in [0.29, 0.717) is 25.4 Å². The number of benzene rings is 1. The first-order valence-electron chi connectivity index (χ1n) is 7.27. The van der Waals surface area contributed by atoms with Gasteiger partial charge in [0.2, 0.25) is 0 Å². The zero-order valence-electron chi connectivity index (χ0n) is 12.9. The number of carbonyl (C=O) groups is 2. The molecule has 22 heavy (non-hydrogen) atoms.